The molecule has 0 aromatic heterocycles. The molecule has 1 amide bonds. The van der Waals surface area contributed by atoms with Crippen molar-refractivity contribution in [3.8, 4) is 0 Å². The third-order valence-electron chi connectivity index (χ3n) is 2.33. The van der Waals surface area contributed by atoms with Crippen LogP contribution in [0.4, 0.5) is 0 Å². The molecular weight excluding hydrogens is 180 g/mol. The minimum Gasteiger partial charge on any atom is -0.380 e. The van der Waals surface area contributed by atoms with Gasteiger partial charge in [0.2, 0.25) is 5.91 Å². The number of rotatable bonds is 6. The monoisotopic (exact) mass is 202 g/mol. The van der Waals surface area contributed by atoms with Crippen LogP contribution in [0.3, 0.4) is 0 Å². The molecule has 0 aromatic carbocycles. The number of nitrogens with one attached hydrogen (secondary N) is 1. The van der Waals surface area contributed by atoms with Crippen molar-refractivity contribution < 1.29 is 9.53 Å². The molecule has 0 saturated carbocycles. The second-order valence-corrected chi connectivity index (χ2v) is 3.53. The van der Waals surface area contributed by atoms with Crippen LogP contribution in [0.5, 0.6) is 0 Å². The van der Waals surface area contributed by atoms with E-state index >= 15 is 0 Å². The van der Waals surface area contributed by atoms with Crippen LogP contribution in [0, 0.1) is 0 Å². The predicted octanol–water partition coefficient (Wildman–Crippen LogP) is 0.478. The van der Waals surface area contributed by atoms with E-state index in [1.54, 1.807) is 19.1 Å². The largest absolute Gasteiger partial charge is 0.380 e. The summed E-state index contributed by atoms with van der Waals surface area (Å²) < 4.78 is 5.08. The lowest BCUT2D eigenvalue weighted by molar-refractivity contribution is -0.131. The minimum absolute atomic E-state index is 0.121. The molecule has 84 valence electrons. The average Bonchev–Trinajstić information content (AvgIpc) is 2.22. The summed E-state index contributed by atoms with van der Waals surface area (Å²) in [5, 5.41) is 3.13. The molecule has 14 heavy (non-hydrogen) atoms. The first-order chi connectivity index (χ1) is 6.52. The fourth-order valence-corrected chi connectivity index (χ4v) is 1.000. The molecule has 0 bridgehead atoms. The molecule has 0 aromatic rings. The van der Waals surface area contributed by atoms with Crippen LogP contribution in [-0.2, 0) is 9.53 Å². The van der Waals surface area contributed by atoms with Gasteiger partial charge >= 0.3 is 0 Å². The highest BCUT2D eigenvalue weighted by atomic mass is 16.5. The Kier molecular flexibility index (Phi) is 6.49. The number of methoxy groups -OCH3 is 1. The Hall–Kier alpha value is -0.610. The van der Waals surface area contributed by atoms with Gasteiger partial charge in [0.05, 0.1) is 12.1 Å². The lowest BCUT2D eigenvalue weighted by Crippen LogP contribution is -2.45. The van der Waals surface area contributed by atoms with Gasteiger partial charge in [0, 0.05) is 27.2 Å². The van der Waals surface area contributed by atoms with E-state index in [0.717, 1.165) is 6.54 Å². The van der Waals surface area contributed by atoms with Crippen molar-refractivity contribution in [3.63, 3.8) is 0 Å². The summed E-state index contributed by atoms with van der Waals surface area (Å²) in [6, 6.07) is -0.141. The quantitative estimate of drug-likeness (QED) is 0.681. The molecule has 0 radical (unpaired) electrons. The summed E-state index contributed by atoms with van der Waals surface area (Å²) in [6.07, 6.45) is 0.136. The van der Waals surface area contributed by atoms with Gasteiger partial charge in [0.25, 0.3) is 0 Å². The minimum atomic E-state index is -0.141. The second kappa shape index (κ2) is 6.79. The van der Waals surface area contributed by atoms with Gasteiger partial charge in [0.15, 0.2) is 0 Å². The Morgan fingerprint density at radius 2 is 2.07 bits per heavy atom. The second-order valence-electron chi connectivity index (χ2n) is 3.53. The summed E-state index contributed by atoms with van der Waals surface area (Å²) in [5.41, 5.74) is 0. The Morgan fingerprint density at radius 3 is 2.50 bits per heavy atom. The molecule has 2 unspecified atom stereocenters. The fourth-order valence-electron chi connectivity index (χ4n) is 1.000. The van der Waals surface area contributed by atoms with E-state index in [1.807, 2.05) is 20.8 Å². The van der Waals surface area contributed by atoms with Crippen molar-refractivity contribution in [2.24, 2.45) is 0 Å². The smallest absolute Gasteiger partial charge is 0.239 e. The van der Waals surface area contributed by atoms with E-state index in [4.69, 9.17) is 4.74 Å². The Bertz CT molecular complexity index is 174. The number of nitrogens with zero attached hydrogens (tertiary/aromatic N) is 1. The summed E-state index contributed by atoms with van der Waals surface area (Å²) in [4.78, 5) is 13.3. The van der Waals surface area contributed by atoms with Gasteiger partial charge in [0.1, 0.15) is 0 Å². The highest BCUT2D eigenvalue weighted by Gasteiger charge is 2.15. The molecule has 0 saturated heterocycles. The molecule has 0 aliphatic rings. The van der Waals surface area contributed by atoms with Crippen molar-refractivity contribution >= 4 is 5.91 Å². The van der Waals surface area contributed by atoms with Gasteiger partial charge < -0.3 is 15.0 Å². The van der Waals surface area contributed by atoms with Crippen LogP contribution in [0.15, 0.2) is 0 Å². The van der Waals surface area contributed by atoms with E-state index in [0.29, 0.717) is 6.54 Å². The maximum absolute atomic E-state index is 11.6. The lowest BCUT2D eigenvalue weighted by Gasteiger charge is -2.21. The number of hydrogen-bond acceptors (Lipinski definition) is 3. The molecule has 1 N–H and O–H groups in total. The maximum atomic E-state index is 11.6. The van der Waals surface area contributed by atoms with E-state index in [2.05, 4.69) is 5.32 Å². The third-order valence-corrected chi connectivity index (χ3v) is 2.33. The van der Waals surface area contributed by atoms with Gasteiger partial charge in [-0.3, -0.25) is 4.79 Å². The number of carbonyl (C=O) groups is 1. The molecule has 4 heteroatoms. The zero-order chi connectivity index (χ0) is 11.1. The first-order valence-corrected chi connectivity index (χ1v) is 5.04. The molecule has 0 aliphatic carbocycles. The van der Waals surface area contributed by atoms with E-state index in [9.17, 15) is 4.79 Å². The molecule has 0 heterocycles. The molecule has 0 spiro atoms. The highest BCUT2D eigenvalue weighted by Crippen LogP contribution is 1.93. The first-order valence-electron chi connectivity index (χ1n) is 5.04. The van der Waals surface area contributed by atoms with Gasteiger partial charge in [-0.15, -0.1) is 0 Å². The molecule has 0 aliphatic heterocycles. The normalized spacial score (nSPS) is 14.9. The van der Waals surface area contributed by atoms with E-state index < -0.39 is 0 Å². The van der Waals surface area contributed by atoms with Crippen LogP contribution >= 0.6 is 0 Å². The van der Waals surface area contributed by atoms with Crippen LogP contribution in [0.1, 0.15) is 20.8 Å². The van der Waals surface area contributed by atoms with E-state index in [1.165, 1.54) is 0 Å². The molecule has 0 fully saturated rings. The SMILES string of the molecule is CCN(C)C(=O)C(C)NCC(C)OC. The fraction of sp³-hybridized carbons (Fsp3) is 0.900. The van der Waals surface area contributed by atoms with E-state index in [-0.39, 0.29) is 18.1 Å². The van der Waals surface area contributed by atoms with Crippen LogP contribution in [0.2, 0.25) is 0 Å². The first kappa shape index (κ1) is 13.4. The highest BCUT2D eigenvalue weighted by molar-refractivity contribution is 5.81. The standard InChI is InChI=1S/C10H22N2O2/c1-6-12(4)10(13)9(3)11-7-8(2)14-5/h8-9,11H,6-7H2,1-5H3. The summed E-state index contributed by atoms with van der Waals surface area (Å²) in [5.74, 6) is 0.121. The number of likely N-dealkylation sites (N-methyl/N-ethyl adjacent to an activating group) is 1. The third kappa shape index (κ3) is 4.58. The average molecular weight is 202 g/mol. The molecule has 4 nitrogen and oxygen atoms in total. The van der Waals surface area contributed by atoms with Gasteiger partial charge in [-0.05, 0) is 20.8 Å². The number of amides is 1. The molecule has 0 rings (SSSR count). The van der Waals surface area contributed by atoms with Crippen molar-refractivity contribution in [2.75, 3.05) is 27.2 Å². The van der Waals surface area contributed by atoms with Crippen LogP contribution < -0.4 is 5.32 Å². The summed E-state index contributed by atoms with van der Waals surface area (Å²) >= 11 is 0. The van der Waals surface area contributed by atoms with Crippen molar-refractivity contribution in [1.82, 2.24) is 10.2 Å². The number of carbonyl (C=O) groups excluding carboxylic acids is 1. The van der Waals surface area contributed by atoms with Crippen molar-refractivity contribution in [2.45, 2.75) is 32.9 Å². The number of hydrogen-bond donors (Lipinski definition) is 1. The van der Waals surface area contributed by atoms with Gasteiger partial charge in [-0.25, -0.2) is 0 Å². The van der Waals surface area contributed by atoms with Crippen LogP contribution in [-0.4, -0.2) is 50.2 Å². The predicted molar refractivity (Wildman–Crippen MR) is 57.2 cm³/mol. The molecule has 2 atom stereocenters. The zero-order valence-corrected chi connectivity index (χ0v) is 9.83. The molecular formula is C10H22N2O2. The Morgan fingerprint density at radius 1 is 1.50 bits per heavy atom. The van der Waals surface area contributed by atoms with Crippen molar-refractivity contribution in [3.05, 3.63) is 0 Å². The topological polar surface area (TPSA) is 41.6 Å². The Balaban J connectivity index is 3.84. The van der Waals surface area contributed by atoms with Gasteiger partial charge in [-0.2, -0.15) is 0 Å². The lowest BCUT2D eigenvalue weighted by atomic mass is 10.2. The number of ether oxygens (including phenoxy) is 1. The van der Waals surface area contributed by atoms with Crippen molar-refractivity contribution in [1.29, 1.82) is 0 Å². The van der Waals surface area contributed by atoms with Gasteiger partial charge in [-0.1, -0.05) is 0 Å². The summed E-state index contributed by atoms with van der Waals surface area (Å²) in [7, 11) is 3.47. The summed E-state index contributed by atoms with van der Waals surface area (Å²) in [6.45, 7) is 7.23. The Labute approximate surface area is 86.6 Å². The van der Waals surface area contributed by atoms with Crippen LogP contribution in [0.25, 0.3) is 0 Å². The maximum Gasteiger partial charge on any atom is 0.239 e. The zero-order valence-electron chi connectivity index (χ0n) is 9.83.